The zero-order chi connectivity index (χ0) is 24.1. The quantitative estimate of drug-likeness (QED) is 0.460. The van der Waals surface area contributed by atoms with Crippen LogP contribution in [0.1, 0.15) is 19.4 Å². The molecule has 0 fully saturated rings. The first-order chi connectivity index (χ1) is 16.6. The largest absolute Gasteiger partial charge is 0.496 e. The van der Waals surface area contributed by atoms with Gasteiger partial charge < -0.3 is 19.5 Å². The van der Waals surface area contributed by atoms with Crippen LogP contribution in [0.5, 0.6) is 17.2 Å². The Kier molecular flexibility index (Phi) is 6.82. The number of amides is 2. The Morgan fingerprint density at radius 2 is 1.35 bits per heavy atom. The van der Waals surface area contributed by atoms with E-state index in [0.717, 1.165) is 10.6 Å². The Hall–Kier alpha value is -4.26. The van der Waals surface area contributed by atoms with Crippen LogP contribution in [0.25, 0.3) is 5.57 Å². The predicted molar refractivity (Wildman–Crippen MR) is 131 cm³/mol. The summed E-state index contributed by atoms with van der Waals surface area (Å²) in [7, 11) is 1.53. The van der Waals surface area contributed by atoms with Gasteiger partial charge in [-0.25, -0.2) is 4.90 Å². The standard InChI is InChI=1S/C27H26N2O5/c1-4-33-20-14-10-18(11-15-20)28-25-24(22-8-6-7-9-23(22)32-3)26(30)29(27(25)31)19-12-16-21(17-13-19)34-5-2/h6-17,28H,4-5H2,1-3H3. The third-order valence-corrected chi connectivity index (χ3v) is 5.30. The van der Waals surface area contributed by atoms with Crippen LogP contribution >= 0.6 is 0 Å². The fraction of sp³-hybridized carbons (Fsp3) is 0.185. The minimum Gasteiger partial charge on any atom is -0.496 e. The molecule has 7 heteroatoms. The molecule has 0 aromatic heterocycles. The second-order valence-corrected chi connectivity index (χ2v) is 7.41. The second-order valence-electron chi connectivity index (χ2n) is 7.41. The maximum absolute atomic E-state index is 13.6. The van der Waals surface area contributed by atoms with Gasteiger partial charge in [-0.2, -0.15) is 0 Å². The number of carbonyl (C=O) groups is 2. The molecule has 0 bridgehead atoms. The number of nitrogens with zero attached hydrogens (tertiary/aromatic N) is 1. The van der Waals surface area contributed by atoms with E-state index in [2.05, 4.69) is 5.32 Å². The van der Waals surface area contributed by atoms with Gasteiger partial charge in [0.05, 0.1) is 31.6 Å². The van der Waals surface area contributed by atoms with Crippen molar-refractivity contribution in [1.29, 1.82) is 0 Å². The lowest BCUT2D eigenvalue weighted by atomic mass is 10.0. The molecule has 1 aliphatic rings. The first-order valence-corrected chi connectivity index (χ1v) is 11.1. The van der Waals surface area contributed by atoms with Crippen LogP contribution in [-0.4, -0.2) is 32.1 Å². The smallest absolute Gasteiger partial charge is 0.282 e. The molecule has 0 radical (unpaired) electrons. The van der Waals surface area contributed by atoms with Gasteiger partial charge in [0, 0.05) is 11.3 Å². The van der Waals surface area contributed by atoms with Gasteiger partial charge in [0.15, 0.2) is 0 Å². The van der Waals surface area contributed by atoms with Crippen molar-refractivity contribution in [3.05, 3.63) is 84.1 Å². The van der Waals surface area contributed by atoms with E-state index >= 15 is 0 Å². The van der Waals surface area contributed by atoms with E-state index in [-0.39, 0.29) is 11.3 Å². The average Bonchev–Trinajstić information content (AvgIpc) is 3.10. The molecule has 7 nitrogen and oxygen atoms in total. The van der Waals surface area contributed by atoms with Crippen molar-refractivity contribution in [1.82, 2.24) is 0 Å². The number of hydrogen-bond donors (Lipinski definition) is 1. The van der Waals surface area contributed by atoms with Crippen LogP contribution in [0.4, 0.5) is 11.4 Å². The van der Waals surface area contributed by atoms with E-state index in [1.807, 2.05) is 19.9 Å². The monoisotopic (exact) mass is 458 g/mol. The minimum atomic E-state index is -0.455. The van der Waals surface area contributed by atoms with Crippen LogP contribution in [-0.2, 0) is 9.59 Å². The number of carbonyl (C=O) groups excluding carboxylic acids is 2. The van der Waals surface area contributed by atoms with Crippen molar-refractivity contribution in [2.45, 2.75) is 13.8 Å². The molecule has 0 spiro atoms. The topological polar surface area (TPSA) is 77.1 Å². The Balaban J connectivity index is 1.76. The molecule has 174 valence electrons. The zero-order valence-electron chi connectivity index (χ0n) is 19.3. The van der Waals surface area contributed by atoms with Crippen molar-refractivity contribution >= 4 is 28.8 Å². The summed E-state index contributed by atoms with van der Waals surface area (Å²) in [6, 6.07) is 21.2. The van der Waals surface area contributed by atoms with Crippen molar-refractivity contribution in [2.75, 3.05) is 30.5 Å². The van der Waals surface area contributed by atoms with E-state index in [1.54, 1.807) is 66.7 Å². The third kappa shape index (κ3) is 4.45. The number of para-hydroxylation sites is 1. The summed E-state index contributed by atoms with van der Waals surface area (Å²) in [4.78, 5) is 28.4. The summed E-state index contributed by atoms with van der Waals surface area (Å²) < 4.78 is 16.5. The Morgan fingerprint density at radius 1 is 0.765 bits per heavy atom. The van der Waals surface area contributed by atoms with Gasteiger partial charge in [0.1, 0.15) is 22.9 Å². The molecule has 3 aromatic carbocycles. The number of anilines is 2. The number of rotatable bonds is 9. The lowest BCUT2D eigenvalue weighted by molar-refractivity contribution is -0.120. The maximum Gasteiger partial charge on any atom is 0.282 e. The van der Waals surface area contributed by atoms with E-state index in [0.29, 0.717) is 41.7 Å². The van der Waals surface area contributed by atoms with Gasteiger partial charge in [-0.3, -0.25) is 9.59 Å². The molecule has 0 saturated heterocycles. The molecule has 1 heterocycles. The predicted octanol–water partition coefficient (Wildman–Crippen LogP) is 4.89. The Bertz CT molecular complexity index is 1220. The molecule has 1 aliphatic heterocycles. The van der Waals surface area contributed by atoms with E-state index in [9.17, 15) is 9.59 Å². The first kappa shape index (κ1) is 22.9. The molecule has 4 rings (SSSR count). The fourth-order valence-corrected chi connectivity index (χ4v) is 3.78. The lowest BCUT2D eigenvalue weighted by Gasteiger charge is -2.16. The highest BCUT2D eigenvalue weighted by atomic mass is 16.5. The molecular formula is C27H26N2O5. The van der Waals surface area contributed by atoms with Gasteiger partial charge in [-0.15, -0.1) is 0 Å². The highest BCUT2D eigenvalue weighted by Crippen LogP contribution is 2.37. The van der Waals surface area contributed by atoms with Gasteiger partial charge in [-0.1, -0.05) is 18.2 Å². The highest BCUT2D eigenvalue weighted by Gasteiger charge is 2.41. The normalized spacial score (nSPS) is 13.3. The van der Waals surface area contributed by atoms with Crippen molar-refractivity contribution in [3.8, 4) is 17.2 Å². The summed E-state index contributed by atoms with van der Waals surface area (Å²) in [5.74, 6) is 0.988. The van der Waals surface area contributed by atoms with Crippen LogP contribution in [0.2, 0.25) is 0 Å². The first-order valence-electron chi connectivity index (χ1n) is 11.1. The molecule has 0 unspecified atom stereocenters. The van der Waals surface area contributed by atoms with Crippen LogP contribution in [0, 0.1) is 0 Å². The molecule has 0 aliphatic carbocycles. The molecule has 2 amide bonds. The number of nitrogens with one attached hydrogen (secondary N) is 1. The number of benzene rings is 3. The summed E-state index contributed by atoms with van der Waals surface area (Å²) in [6.45, 7) is 4.88. The van der Waals surface area contributed by atoms with Crippen LogP contribution < -0.4 is 24.4 Å². The summed E-state index contributed by atoms with van der Waals surface area (Å²) >= 11 is 0. The van der Waals surface area contributed by atoms with E-state index < -0.39 is 11.8 Å². The molecule has 34 heavy (non-hydrogen) atoms. The van der Waals surface area contributed by atoms with Gasteiger partial charge >= 0.3 is 0 Å². The second kappa shape index (κ2) is 10.1. The zero-order valence-corrected chi connectivity index (χ0v) is 19.3. The number of imide groups is 1. The molecule has 1 N–H and O–H groups in total. The van der Waals surface area contributed by atoms with Gasteiger partial charge in [0.25, 0.3) is 11.8 Å². The summed E-state index contributed by atoms with van der Waals surface area (Å²) in [5, 5.41) is 3.15. The lowest BCUT2D eigenvalue weighted by Crippen LogP contribution is -2.32. The number of ether oxygens (including phenoxy) is 3. The molecule has 0 saturated carbocycles. The Labute approximate surface area is 198 Å². The Morgan fingerprint density at radius 3 is 1.94 bits per heavy atom. The minimum absolute atomic E-state index is 0.174. The molecular weight excluding hydrogens is 432 g/mol. The number of hydrogen-bond acceptors (Lipinski definition) is 6. The number of methoxy groups -OCH3 is 1. The van der Waals surface area contributed by atoms with Crippen molar-refractivity contribution in [2.24, 2.45) is 0 Å². The van der Waals surface area contributed by atoms with Crippen molar-refractivity contribution < 1.29 is 23.8 Å². The fourth-order valence-electron chi connectivity index (χ4n) is 3.78. The SMILES string of the molecule is CCOc1ccc(NC2=C(c3ccccc3OC)C(=O)N(c3ccc(OCC)cc3)C2=O)cc1. The summed E-state index contributed by atoms with van der Waals surface area (Å²) in [5.41, 5.74) is 2.05. The summed E-state index contributed by atoms with van der Waals surface area (Å²) in [6.07, 6.45) is 0. The van der Waals surface area contributed by atoms with Gasteiger partial charge in [0.2, 0.25) is 0 Å². The van der Waals surface area contributed by atoms with Crippen molar-refractivity contribution in [3.63, 3.8) is 0 Å². The van der Waals surface area contributed by atoms with Crippen LogP contribution in [0.3, 0.4) is 0 Å². The van der Waals surface area contributed by atoms with E-state index in [4.69, 9.17) is 14.2 Å². The van der Waals surface area contributed by atoms with Crippen LogP contribution in [0.15, 0.2) is 78.5 Å². The maximum atomic E-state index is 13.6. The third-order valence-electron chi connectivity index (χ3n) is 5.30. The van der Waals surface area contributed by atoms with E-state index in [1.165, 1.54) is 7.11 Å². The molecule has 0 atom stereocenters. The molecule has 3 aromatic rings. The van der Waals surface area contributed by atoms with Gasteiger partial charge in [-0.05, 0) is 68.4 Å². The highest BCUT2D eigenvalue weighted by molar-refractivity contribution is 6.46. The average molecular weight is 459 g/mol.